The van der Waals surface area contributed by atoms with Gasteiger partial charge in [-0.1, -0.05) is 26.0 Å². The van der Waals surface area contributed by atoms with Crippen LogP contribution in [0.4, 0.5) is 5.82 Å². The van der Waals surface area contributed by atoms with Gasteiger partial charge < -0.3 is 10.4 Å². The predicted molar refractivity (Wildman–Crippen MR) is 95.7 cm³/mol. The van der Waals surface area contributed by atoms with Crippen molar-refractivity contribution in [3.8, 4) is 17.0 Å². The minimum absolute atomic E-state index is 0.216. The first kappa shape index (κ1) is 15.8. The Hall–Kier alpha value is -2.08. The van der Waals surface area contributed by atoms with Crippen LogP contribution in [0.25, 0.3) is 16.9 Å². The Kier molecular flexibility index (Phi) is 4.52. The van der Waals surface area contributed by atoms with Gasteiger partial charge in [0.25, 0.3) is 0 Å². The first-order valence-electron chi connectivity index (χ1n) is 7.63. The van der Waals surface area contributed by atoms with Gasteiger partial charge >= 0.3 is 0 Å². The zero-order valence-electron chi connectivity index (χ0n) is 13.1. The lowest BCUT2D eigenvalue weighted by Crippen LogP contribution is -2.09. The summed E-state index contributed by atoms with van der Waals surface area (Å²) >= 11 is 3.48. The lowest BCUT2D eigenvalue weighted by molar-refractivity contribution is 0.477. The summed E-state index contributed by atoms with van der Waals surface area (Å²) < 4.78 is 2.59. The summed E-state index contributed by atoms with van der Waals surface area (Å²) in [5.41, 5.74) is 2.14. The summed E-state index contributed by atoms with van der Waals surface area (Å²) in [6, 6.07) is 9.13. The van der Waals surface area contributed by atoms with Gasteiger partial charge in [0.05, 0.1) is 16.4 Å². The number of halogens is 1. The van der Waals surface area contributed by atoms with Crippen molar-refractivity contribution in [3.05, 3.63) is 41.0 Å². The Morgan fingerprint density at radius 2 is 2.09 bits per heavy atom. The van der Waals surface area contributed by atoms with Crippen LogP contribution in [-0.2, 0) is 0 Å². The Bertz CT molecular complexity index is 829. The third-order valence-electron chi connectivity index (χ3n) is 3.64. The molecule has 3 rings (SSSR count). The van der Waals surface area contributed by atoms with E-state index in [4.69, 9.17) is 0 Å². The van der Waals surface area contributed by atoms with E-state index in [9.17, 15) is 5.11 Å². The average Bonchev–Trinajstić information content (AvgIpc) is 2.89. The summed E-state index contributed by atoms with van der Waals surface area (Å²) in [5.74, 6) is 1.70. The lowest BCUT2D eigenvalue weighted by atomic mass is 10.1. The number of fused-ring (bicyclic) bond motifs is 1. The minimum atomic E-state index is 0.216. The fourth-order valence-electron chi connectivity index (χ4n) is 2.38. The zero-order chi connectivity index (χ0) is 16.4. The van der Waals surface area contributed by atoms with Gasteiger partial charge in [-0.25, -0.2) is 4.98 Å². The number of benzene rings is 1. The molecule has 120 valence electrons. The second-order valence-corrected chi connectivity index (χ2v) is 6.74. The number of phenols is 1. The molecular formula is C17H19BrN4O. The highest BCUT2D eigenvalue weighted by Crippen LogP contribution is 2.31. The van der Waals surface area contributed by atoms with Crippen molar-refractivity contribution in [2.24, 2.45) is 5.92 Å². The summed E-state index contributed by atoms with van der Waals surface area (Å²) in [6.45, 7) is 5.25. The van der Waals surface area contributed by atoms with Crippen LogP contribution in [0.2, 0.25) is 0 Å². The van der Waals surface area contributed by atoms with E-state index in [1.807, 2.05) is 18.2 Å². The first-order chi connectivity index (χ1) is 11.1. The van der Waals surface area contributed by atoms with Crippen molar-refractivity contribution in [1.82, 2.24) is 14.6 Å². The average molecular weight is 375 g/mol. The summed E-state index contributed by atoms with van der Waals surface area (Å²) in [6.07, 6.45) is 2.79. The molecule has 0 atom stereocenters. The molecule has 0 saturated carbocycles. The number of aromatic nitrogens is 3. The van der Waals surface area contributed by atoms with Crippen LogP contribution in [0.15, 0.2) is 41.0 Å². The van der Waals surface area contributed by atoms with Crippen LogP contribution in [0.1, 0.15) is 20.3 Å². The topological polar surface area (TPSA) is 62.5 Å². The molecule has 2 N–H and O–H groups in total. The van der Waals surface area contributed by atoms with Crippen molar-refractivity contribution in [3.63, 3.8) is 0 Å². The molecule has 0 aliphatic rings. The Morgan fingerprint density at radius 1 is 1.30 bits per heavy atom. The van der Waals surface area contributed by atoms with E-state index in [0.717, 1.165) is 28.9 Å². The largest absolute Gasteiger partial charge is 0.507 e. The number of hydrogen-bond acceptors (Lipinski definition) is 4. The highest BCUT2D eigenvalue weighted by molar-refractivity contribution is 9.10. The maximum Gasteiger partial charge on any atom is 0.172 e. The van der Waals surface area contributed by atoms with Crippen molar-refractivity contribution in [2.45, 2.75) is 20.3 Å². The number of hydrogen-bond donors (Lipinski definition) is 2. The molecule has 0 aliphatic heterocycles. The van der Waals surface area contributed by atoms with Crippen LogP contribution in [0.5, 0.6) is 5.75 Å². The summed E-state index contributed by atoms with van der Waals surface area (Å²) in [7, 11) is 0. The standard InChI is InChI=1S/C17H19BrN4O/c1-11(2)7-8-19-16-9-14(12-5-3-4-6-15(12)23)21-17-13(18)10-20-22(16)17/h3-6,9-11,19,23H,7-8H2,1-2H3. The van der Waals surface area contributed by atoms with E-state index in [-0.39, 0.29) is 5.75 Å². The van der Waals surface area contributed by atoms with Crippen LogP contribution in [0.3, 0.4) is 0 Å². The van der Waals surface area contributed by atoms with Gasteiger partial charge in [0.15, 0.2) is 5.65 Å². The number of phenolic OH excluding ortho intramolecular Hbond substituents is 1. The molecule has 3 aromatic rings. The van der Waals surface area contributed by atoms with Gasteiger partial charge in [-0.05, 0) is 40.4 Å². The van der Waals surface area contributed by atoms with E-state index in [2.05, 4.69) is 45.2 Å². The molecule has 6 heteroatoms. The second-order valence-electron chi connectivity index (χ2n) is 5.88. The predicted octanol–water partition coefficient (Wildman–Crippen LogP) is 4.32. The quantitative estimate of drug-likeness (QED) is 0.697. The second kappa shape index (κ2) is 6.58. The molecule has 1 aromatic carbocycles. The molecule has 0 fully saturated rings. The Morgan fingerprint density at radius 3 is 2.83 bits per heavy atom. The van der Waals surface area contributed by atoms with E-state index in [1.54, 1.807) is 22.8 Å². The first-order valence-corrected chi connectivity index (χ1v) is 8.42. The van der Waals surface area contributed by atoms with Crippen LogP contribution < -0.4 is 5.32 Å². The molecule has 5 nitrogen and oxygen atoms in total. The van der Waals surface area contributed by atoms with Crippen molar-refractivity contribution < 1.29 is 5.11 Å². The van der Waals surface area contributed by atoms with Crippen LogP contribution >= 0.6 is 15.9 Å². The molecule has 0 unspecified atom stereocenters. The molecule has 0 saturated heterocycles. The number of rotatable bonds is 5. The zero-order valence-corrected chi connectivity index (χ0v) is 14.7. The lowest BCUT2D eigenvalue weighted by Gasteiger charge is -2.12. The number of anilines is 1. The van der Waals surface area contributed by atoms with E-state index < -0.39 is 0 Å². The normalized spacial score (nSPS) is 11.3. The Balaban J connectivity index is 2.06. The molecule has 0 aliphatic carbocycles. The molecule has 23 heavy (non-hydrogen) atoms. The molecule has 0 radical (unpaired) electrons. The number of para-hydroxylation sites is 1. The summed E-state index contributed by atoms with van der Waals surface area (Å²) in [4.78, 5) is 4.62. The van der Waals surface area contributed by atoms with Gasteiger partial charge in [0, 0.05) is 18.2 Å². The fraction of sp³-hybridized carbons (Fsp3) is 0.294. The smallest absolute Gasteiger partial charge is 0.172 e. The maximum atomic E-state index is 10.1. The van der Waals surface area contributed by atoms with E-state index >= 15 is 0 Å². The molecule has 2 aromatic heterocycles. The SMILES string of the molecule is CC(C)CCNc1cc(-c2ccccc2O)nc2c(Br)cnn12. The third-order valence-corrected chi connectivity index (χ3v) is 4.20. The van der Waals surface area contributed by atoms with E-state index in [0.29, 0.717) is 17.2 Å². The van der Waals surface area contributed by atoms with Crippen molar-refractivity contribution in [1.29, 1.82) is 0 Å². The molecule has 2 heterocycles. The highest BCUT2D eigenvalue weighted by Gasteiger charge is 2.13. The van der Waals surface area contributed by atoms with Gasteiger partial charge in [0.1, 0.15) is 11.6 Å². The molecular weight excluding hydrogens is 356 g/mol. The summed E-state index contributed by atoms with van der Waals surface area (Å²) in [5, 5.41) is 17.9. The van der Waals surface area contributed by atoms with Crippen molar-refractivity contribution in [2.75, 3.05) is 11.9 Å². The van der Waals surface area contributed by atoms with Gasteiger partial charge in [-0.15, -0.1) is 0 Å². The number of nitrogens with zero attached hydrogens (tertiary/aromatic N) is 3. The maximum absolute atomic E-state index is 10.1. The molecule has 0 spiro atoms. The van der Waals surface area contributed by atoms with E-state index in [1.165, 1.54) is 0 Å². The monoisotopic (exact) mass is 374 g/mol. The van der Waals surface area contributed by atoms with Crippen LogP contribution in [0, 0.1) is 5.92 Å². The van der Waals surface area contributed by atoms with Gasteiger partial charge in [-0.2, -0.15) is 9.61 Å². The molecule has 0 amide bonds. The number of aromatic hydroxyl groups is 1. The Labute approximate surface area is 143 Å². The van der Waals surface area contributed by atoms with Gasteiger partial charge in [0.2, 0.25) is 0 Å². The fourth-order valence-corrected chi connectivity index (χ4v) is 2.73. The molecule has 0 bridgehead atoms. The van der Waals surface area contributed by atoms with Gasteiger partial charge in [-0.3, -0.25) is 0 Å². The number of nitrogens with one attached hydrogen (secondary N) is 1. The minimum Gasteiger partial charge on any atom is -0.507 e. The highest BCUT2D eigenvalue weighted by atomic mass is 79.9. The van der Waals surface area contributed by atoms with Crippen molar-refractivity contribution >= 4 is 27.4 Å². The van der Waals surface area contributed by atoms with Crippen LogP contribution in [-0.4, -0.2) is 26.2 Å². The third kappa shape index (κ3) is 3.32.